The highest BCUT2D eigenvalue weighted by Crippen LogP contribution is 2.29. The molecule has 1 aromatic heterocycles. The number of rotatable bonds is 5. The fraction of sp³-hybridized carbons (Fsp3) is 0. The fourth-order valence-electron chi connectivity index (χ4n) is 1.96. The third kappa shape index (κ3) is 3.67. The summed E-state index contributed by atoms with van der Waals surface area (Å²) in [6.07, 6.45) is 1.60. The summed E-state index contributed by atoms with van der Waals surface area (Å²) in [6, 6.07) is 20.2. The van der Waals surface area contributed by atoms with Crippen molar-refractivity contribution in [1.82, 2.24) is 4.98 Å². The summed E-state index contributed by atoms with van der Waals surface area (Å²) in [5.74, 6) is 0.768. The first-order valence-electron chi connectivity index (χ1n) is 6.91. The fourth-order valence-corrected chi connectivity index (χ4v) is 3.05. The van der Waals surface area contributed by atoms with Crippen molar-refractivity contribution in [3.8, 4) is 11.6 Å². The predicted molar refractivity (Wildman–Crippen MR) is 88.0 cm³/mol. The molecular weight excluding hydrogens is 312 g/mol. The Bertz CT molecular complexity index is 882. The van der Waals surface area contributed by atoms with Gasteiger partial charge < -0.3 is 4.74 Å². The molecule has 0 saturated carbocycles. The number of para-hydroxylation sites is 2. The van der Waals surface area contributed by atoms with Crippen molar-refractivity contribution >= 4 is 15.7 Å². The summed E-state index contributed by atoms with van der Waals surface area (Å²) >= 11 is 0. The second-order valence-electron chi connectivity index (χ2n) is 4.68. The molecule has 1 heterocycles. The van der Waals surface area contributed by atoms with E-state index < -0.39 is 10.0 Å². The van der Waals surface area contributed by atoms with Gasteiger partial charge in [-0.25, -0.2) is 13.4 Å². The lowest BCUT2D eigenvalue weighted by Gasteiger charge is -2.12. The molecule has 0 aliphatic heterocycles. The van der Waals surface area contributed by atoms with Crippen molar-refractivity contribution in [2.24, 2.45) is 0 Å². The smallest absolute Gasteiger partial charge is 0.262 e. The first kappa shape index (κ1) is 15.1. The van der Waals surface area contributed by atoms with Gasteiger partial charge in [0.15, 0.2) is 5.75 Å². The van der Waals surface area contributed by atoms with Crippen molar-refractivity contribution in [2.45, 2.75) is 4.90 Å². The molecule has 0 aliphatic carbocycles. The highest BCUT2D eigenvalue weighted by molar-refractivity contribution is 7.92. The standard InChI is InChI=1S/C17H14N2O3S/c20-23(21,14-8-2-1-3-9-14)19-15-10-4-5-11-16(15)22-17-12-6-7-13-18-17/h1-13,19H. The topological polar surface area (TPSA) is 68.3 Å². The Labute approximate surface area is 134 Å². The number of pyridine rings is 1. The van der Waals surface area contributed by atoms with Crippen molar-refractivity contribution in [1.29, 1.82) is 0 Å². The number of nitrogens with one attached hydrogen (secondary N) is 1. The molecule has 0 spiro atoms. The minimum absolute atomic E-state index is 0.188. The number of benzene rings is 2. The minimum atomic E-state index is -3.68. The molecule has 3 rings (SSSR count). The molecule has 23 heavy (non-hydrogen) atoms. The van der Waals surface area contributed by atoms with Crippen LogP contribution < -0.4 is 9.46 Å². The molecule has 5 nitrogen and oxygen atoms in total. The first-order chi connectivity index (χ1) is 11.1. The zero-order chi connectivity index (χ0) is 16.1. The van der Waals surface area contributed by atoms with Gasteiger partial charge in [-0.2, -0.15) is 0 Å². The molecule has 6 heteroatoms. The number of hydrogen-bond acceptors (Lipinski definition) is 4. The molecule has 0 bridgehead atoms. The van der Waals surface area contributed by atoms with Crippen LogP contribution >= 0.6 is 0 Å². The lowest BCUT2D eigenvalue weighted by Crippen LogP contribution is -2.13. The van der Waals surface area contributed by atoms with Crippen LogP contribution in [-0.2, 0) is 10.0 Å². The lowest BCUT2D eigenvalue weighted by atomic mass is 10.3. The van der Waals surface area contributed by atoms with Crippen LogP contribution in [0, 0.1) is 0 Å². The summed E-state index contributed by atoms with van der Waals surface area (Å²) in [5, 5.41) is 0. The molecule has 0 amide bonds. The van der Waals surface area contributed by atoms with E-state index in [0.29, 0.717) is 17.3 Å². The van der Waals surface area contributed by atoms with Gasteiger partial charge in [-0.15, -0.1) is 0 Å². The Hall–Kier alpha value is -2.86. The van der Waals surface area contributed by atoms with Crippen LogP contribution in [0.3, 0.4) is 0 Å². The largest absolute Gasteiger partial charge is 0.437 e. The van der Waals surface area contributed by atoms with Gasteiger partial charge in [-0.3, -0.25) is 4.72 Å². The molecule has 116 valence electrons. The van der Waals surface area contributed by atoms with Crippen LogP contribution in [0.2, 0.25) is 0 Å². The maximum absolute atomic E-state index is 12.4. The summed E-state index contributed by atoms with van der Waals surface area (Å²) in [5.41, 5.74) is 0.349. The maximum Gasteiger partial charge on any atom is 0.262 e. The van der Waals surface area contributed by atoms with Gasteiger partial charge in [0, 0.05) is 12.3 Å². The van der Waals surface area contributed by atoms with Gasteiger partial charge in [0.1, 0.15) is 0 Å². The molecule has 2 aromatic carbocycles. The van der Waals surface area contributed by atoms with Gasteiger partial charge >= 0.3 is 0 Å². The van der Waals surface area contributed by atoms with E-state index in [-0.39, 0.29) is 4.90 Å². The SMILES string of the molecule is O=S(=O)(Nc1ccccc1Oc1ccccn1)c1ccccc1. The Morgan fingerprint density at radius 3 is 2.26 bits per heavy atom. The van der Waals surface area contributed by atoms with E-state index in [4.69, 9.17) is 4.74 Å². The molecule has 1 N–H and O–H groups in total. The molecule has 0 fully saturated rings. The highest BCUT2D eigenvalue weighted by atomic mass is 32.2. The molecule has 0 unspecified atom stereocenters. The van der Waals surface area contributed by atoms with Gasteiger partial charge in [0.05, 0.1) is 10.6 Å². The number of anilines is 1. The lowest BCUT2D eigenvalue weighted by molar-refractivity contribution is 0.465. The van der Waals surface area contributed by atoms with Crippen LogP contribution in [0.15, 0.2) is 83.9 Å². The van der Waals surface area contributed by atoms with Crippen LogP contribution in [0.5, 0.6) is 11.6 Å². The highest BCUT2D eigenvalue weighted by Gasteiger charge is 2.16. The normalized spacial score (nSPS) is 11.0. The summed E-state index contributed by atoms with van der Waals surface area (Å²) in [7, 11) is -3.68. The van der Waals surface area contributed by atoms with Crippen LogP contribution in [0.1, 0.15) is 0 Å². The monoisotopic (exact) mass is 326 g/mol. The Kier molecular flexibility index (Phi) is 4.25. The van der Waals surface area contributed by atoms with Crippen molar-refractivity contribution in [3.63, 3.8) is 0 Å². The Balaban J connectivity index is 1.89. The van der Waals surface area contributed by atoms with E-state index in [1.807, 2.05) is 0 Å². The van der Waals surface area contributed by atoms with E-state index in [9.17, 15) is 8.42 Å². The van der Waals surface area contributed by atoms with Gasteiger partial charge in [-0.1, -0.05) is 36.4 Å². The van der Waals surface area contributed by atoms with Crippen LogP contribution in [-0.4, -0.2) is 13.4 Å². The number of aromatic nitrogens is 1. The summed E-state index contributed by atoms with van der Waals surface area (Å²) in [4.78, 5) is 4.26. The summed E-state index contributed by atoms with van der Waals surface area (Å²) < 4.78 is 33.0. The van der Waals surface area contributed by atoms with E-state index in [0.717, 1.165) is 0 Å². The second kappa shape index (κ2) is 6.50. The van der Waals surface area contributed by atoms with E-state index in [2.05, 4.69) is 9.71 Å². The Morgan fingerprint density at radius 2 is 1.52 bits per heavy atom. The zero-order valence-corrected chi connectivity index (χ0v) is 12.9. The second-order valence-corrected chi connectivity index (χ2v) is 6.37. The number of sulfonamides is 1. The molecule has 0 atom stereocenters. The van der Waals surface area contributed by atoms with Crippen molar-refractivity contribution in [3.05, 3.63) is 79.0 Å². The molecule has 0 radical (unpaired) electrons. The number of nitrogens with zero attached hydrogens (tertiary/aromatic N) is 1. The number of ether oxygens (including phenoxy) is 1. The zero-order valence-electron chi connectivity index (χ0n) is 12.1. The van der Waals surface area contributed by atoms with Gasteiger partial charge in [0.2, 0.25) is 5.88 Å². The van der Waals surface area contributed by atoms with E-state index in [1.165, 1.54) is 12.1 Å². The third-order valence-electron chi connectivity index (χ3n) is 3.04. The quantitative estimate of drug-likeness (QED) is 0.776. The van der Waals surface area contributed by atoms with Crippen molar-refractivity contribution < 1.29 is 13.2 Å². The molecular formula is C17H14N2O3S. The third-order valence-corrected chi connectivity index (χ3v) is 4.42. The molecule has 0 saturated heterocycles. The predicted octanol–water partition coefficient (Wildman–Crippen LogP) is 3.67. The van der Waals surface area contributed by atoms with E-state index in [1.54, 1.807) is 66.9 Å². The summed E-state index contributed by atoms with van der Waals surface area (Å²) in [6.45, 7) is 0. The van der Waals surface area contributed by atoms with E-state index >= 15 is 0 Å². The van der Waals surface area contributed by atoms with Crippen LogP contribution in [0.4, 0.5) is 5.69 Å². The Morgan fingerprint density at radius 1 is 0.826 bits per heavy atom. The minimum Gasteiger partial charge on any atom is -0.437 e. The van der Waals surface area contributed by atoms with Crippen LogP contribution in [0.25, 0.3) is 0 Å². The molecule has 0 aliphatic rings. The van der Waals surface area contributed by atoms with Gasteiger partial charge in [0.25, 0.3) is 10.0 Å². The van der Waals surface area contributed by atoms with Crippen molar-refractivity contribution in [2.75, 3.05) is 4.72 Å². The maximum atomic E-state index is 12.4. The number of hydrogen-bond donors (Lipinski definition) is 1. The first-order valence-corrected chi connectivity index (χ1v) is 8.39. The molecule has 3 aromatic rings. The average molecular weight is 326 g/mol. The van der Waals surface area contributed by atoms with Gasteiger partial charge in [-0.05, 0) is 30.3 Å². The average Bonchev–Trinajstić information content (AvgIpc) is 2.58.